The van der Waals surface area contributed by atoms with Crippen LogP contribution in [0.2, 0.25) is 0 Å². The minimum absolute atomic E-state index is 0.228. The number of carbonyl (C=O) groups is 1. The van der Waals surface area contributed by atoms with Gasteiger partial charge in [-0.3, -0.25) is 4.79 Å². The van der Waals surface area contributed by atoms with Crippen molar-refractivity contribution < 1.29 is 9.21 Å². The van der Waals surface area contributed by atoms with Gasteiger partial charge in [-0.25, -0.2) is 4.98 Å². The highest BCUT2D eigenvalue weighted by molar-refractivity contribution is 7.21. The molecule has 7 heteroatoms. The van der Waals surface area contributed by atoms with E-state index in [1.54, 1.807) is 6.26 Å². The maximum absolute atomic E-state index is 13.0. The Bertz CT molecular complexity index is 1210. The monoisotopic (exact) mass is 404 g/mol. The number of rotatable bonds is 4. The van der Waals surface area contributed by atoms with Crippen molar-refractivity contribution >= 4 is 44.5 Å². The number of hydrogen-bond acceptors (Lipinski definition) is 6. The second kappa shape index (κ2) is 6.93. The summed E-state index contributed by atoms with van der Waals surface area (Å²) < 4.78 is 5.71. The first-order valence-electron chi connectivity index (χ1n) is 9.52. The molecule has 1 aliphatic rings. The number of thiophene rings is 1. The molecule has 0 saturated carbocycles. The minimum atomic E-state index is -0.228. The zero-order valence-electron chi connectivity index (χ0n) is 15.9. The van der Waals surface area contributed by atoms with E-state index in [0.29, 0.717) is 16.3 Å². The van der Waals surface area contributed by atoms with Crippen LogP contribution in [0.15, 0.2) is 47.1 Å². The molecular formula is C22H20N4O2S. The van der Waals surface area contributed by atoms with E-state index in [2.05, 4.69) is 10.6 Å². The molecule has 1 amide bonds. The standard InChI is InChI=1S/C22H20N4O2S/c1-24-12-7-9-13(10-8-12)25-21(27)20-19(23)18-17(16-6-3-11-28-16)14-4-2-5-15(14)26-22(18)29-20/h3,6-11,24H,2,4-5,23H2,1H3,(H,25,27). The molecule has 0 fully saturated rings. The van der Waals surface area contributed by atoms with Gasteiger partial charge in [0.15, 0.2) is 0 Å². The minimum Gasteiger partial charge on any atom is -0.464 e. The Morgan fingerprint density at radius 2 is 1.97 bits per heavy atom. The van der Waals surface area contributed by atoms with E-state index in [1.807, 2.05) is 43.4 Å². The molecule has 6 nitrogen and oxygen atoms in total. The second-order valence-corrected chi connectivity index (χ2v) is 8.05. The third-order valence-electron chi connectivity index (χ3n) is 5.31. The SMILES string of the molecule is CNc1ccc(NC(=O)c2sc3nc4c(c(-c5ccco5)c3c2N)CCC4)cc1. The van der Waals surface area contributed by atoms with Crippen LogP contribution in [-0.4, -0.2) is 17.9 Å². The average Bonchev–Trinajstić information content (AvgIpc) is 3.47. The van der Waals surface area contributed by atoms with Crippen molar-refractivity contribution in [1.82, 2.24) is 4.98 Å². The fraction of sp³-hybridized carbons (Fsp3) is 0.182. The van der Waals surface area contributed by atoms with Crippen LogP contribution in [0, 0.1) is 0 Å². The van der Waals surface area contributed by atoms with Crippen LogP contribution in [0.5, 0.6) is 0 Å². The summed E-state index contributed by atoms with van der Waals surface area (Å²) in [5.41, 5.74) is 11.9. The van der Waals surface area contributed by atoms with Crippen molar-refractivity contribution in [3.63, 3.8) is 0 Å². The molecule has 146 valence electrons. The molecule has 5 rings (SSSR count). The molecule has 0 unspecified atom stereocenters. The molecule has 0 spiro atoms. The summed E-state index contributed by atoms with van der Waals surface area (Å²) in [6.45, 7) is 0. The number of amides is 1. The highest BCUT2D eigenvalue weighted by Crippen LogP contribution is 2.44. The van der Waals surface area contributed by atoms with Gasteiger partial charge in [-0.05, 0) is 61.2 Å². The van der Waals surface area contributed by atoms with Gasteiger partial charge in [-0.1, -0.05) is 0 Å². The molecule has 0 atom stereocenters. The maximum atomic E-state index is 13.0. The summed E-state index contributed by atoms with van der Waals surface area (Å²) >= 11 is 1.33. The molecule has 29 heavy (non-hydrogen) atoms. The third-order valence-corrected chi connectivity index (χ3v) is 6.41. The van der Waals surface area contributed by atoms with Gasteiger partial charge in [0, 0.05) is 35.1 Å². The number of nitrogens with two attached hydrogens (primary N) is 1. The number of anilines is 3. The summed E-state index contributed by atoms with van der Waals surface area (Å²) in [6, 6.07) is 11.3. The molecule has 0 bridgehead atoms. The number of benzene rings is 1. The number of nitrogens with zero attached hydrogens (tertiary/aromatic N) is 1. The van der Waals surface area contributed by atoms with Gasteiger partial charge in [0.25, 0.3) is 5.91 Å². The molecule has 4 aromatic rings. The second-order valence-electron chi connectivity index (χ2n) is 7.05. The summed E-state index contributed by atoms with van der Waals surface area (Å²) in [7, 11) is 1.85. The number of carbonyl (C=O) groups excluding carboxylic acids is 1. The number of aromatic nitrogens is 1. The van der Waals surface area contributed by atoms with E-state index in [1.165, 1.54) is 16.9 Å². The summed E-state index contributed by atoms with van der Waals surface area (Å²) in [5, 5.41) is 6.82. The van der Waals surface area contributed by atoms with Crippen LogP contribution in [0.25, 0.3) is 21.5 Å². The van der Waals surface area contributed by atoms with Gasteiger partial charge >= 0.3 is 0 Å². The van der Waals surface area contributed by atoms with Crippen LogP contribution in [0.3, 0.4) is 0 Å². The van der Waals surface area contributed by atoms with Gasteiger partial charge in [0.2, 0.25) is 0 Å². The molecule has 3 aromatic heterocycles. The Labute approximate surface area is 171 Å². The summed E-state index contributed by atoms with van der Waals surface area (Å²) in [5.74, 6) is 0.544. The van der Waals surface area contributed by atoms with Gasteiger partial charge in [-0.15, -0.1) is 11.3 Å². The number of hydrogen-bond donors (Lipinski definition) is 3. The average molecular weight is 404 g/mol. The first kappa shape index (κ1) is 17.8. The van der Waals surface area contributed by atoms with E-state index >= 15 is 0 Å². The number of pyridine rings is 1. The van der Waals surface area contributed by atoms with Crippen molar-refractivity contribution in [1.29, 1.82) is 0 Å². The largest absolute Gasteiger partial charge is 0.464 e. The van der Waals surface area contributed by atoms with Crippen molar-refractivity contribution in [2.75, 3.05) is 23.4 Å². The lowest BCUT2D eigenvalue weighted by molar-refractivity contribution is 0.103. The molecular weight excluding hydrogens is 384 g/mol. The fourth-order valence-corrected chi connectivity index (χ4v) is 4.93. The van der Waals surface area contributed by atoms with Crippen LogP contribution < -0.4 is 16.4 Å². The predicted molar refractivity (Wildman–Crippen MR) is 118 cm³/mol. The first-order valence-corrected chi connectivity index (χ1v) is 10.3. The molecule has 3 heterocycles. The van der Waals surface area contributed by atoms with Crippen LogP contribution in [-0.2, 0) is 12.8 Å². The Kier molecular flexibility index (Phi) is 4.24. The molecule has 1 aromatic carbocycles. The van der Waals surface area contributed by atoms with Crippen molar-refractivity contribution in [2.24, 2.45) is 0 Å². The number of nitrogens with one attached hydrogen (secondary N) is 2. The van der Waals surface area contributed by atoms with Crippen molar-refractivity contribution in [3.8, 4) is 11.3 Å². The maximum Gasteiger partial charge on any atom is 0.267 e. The first-order chi connectivity index (χ1) is 14.2. The lowest BCUT2D eigenvalue weighted by Gasteiger charge is -2.09. The van der Waals surface area contributed by atoms with E-state index in [-0.39, 0.29) is 5.91 Å². The Morgan fingerprint density at radius 1 is 1.17 bits per heavy atom. The molecule has 0 saturated heterocycles. The molecule has 4 N–H and O–H groups in total. The van der Waals surface area contributed by atoms with E-state index in [4.69, 9.17) is 15.1 Å². The third kappa shape index (κ3) is 2.94. The highest BCUT2D eigenvalue weighted by atomic mass is 32.1. The lowest BCUT2D eigenvalue weighted by atomic mass is 10.0. The summed E-state index contributed by atoms with van der Waals surface area (Å²) in [6.07, 6.45) is 4.62. The fourth-order valence-electron chi connectivity index (χ4n) is 3.92. The van der Waals surface area contributed by atoms with Gasteiger partial charge in [0.1, 0.15) is 15.5 Å². The lowest BCUT2D eigenvalue weighted by Crippen LogP contribution is -2.12. The predicted octanol–water partition coefficient (Wildman–Crippen LogP) is 4.92. The zero-order valence-corrected chi connectivity index (χ0v) is 16.7. The zero-order chi connectivity index (χ0) is 20.0. The van der Waals surface area contributed by atoms with Crippen LogP contribution >= 0.6 is 11.3 Å². The Balaban J connectivity index is 1.60. The van der Waals surface area contributed by atoms with Gasteiger partial charge in [0.05, 0.1) is 12.0 Å². The van der Waals surface area contributed by atoms with E-state index < -0.39 is 0 Å². The summed E-state index contributed by atoms with van der Waals surface area (Å²) in [4.78, 5) is 19.0. The van der Waals surface area contributed by atoms with Gasteiger partial charge < -0.3 is 20.8 Å². The van der Waals surface area contributed by atoms with Crippen molar-refractivity contribution in [2.45, 2.75) is 19.3 Å². The Hall–Kier alpha value is -3.32. The van der Waals surface area contributed by atoms with Crippen LogP contribution in [0.1, 0.15) is 27.3 Å². The smallest absolute Gasteiger partial charge is 0.267 e. The number of fused-ring (bicyclic) bond motifs is 2. The molecule has 1 aliphatic carbocycles. The van der Waals surface area contributed by atoms with E-state index in [0.717, 1.165) is 52.2 Å². The van der Waals surface area contributed by atoms with Crippen LogP contribution in [0.4, 0.5) is 17.1 Å². The van der Waals surface area contributed by atoms with Crippen molar-refractivity contribution in [3.05, 3.63) is 58.8 Å². The van der Waals surface area contributed by atoms with Gasteiger partial charge in [-0.2, -0.15) is 0 Å². The number of furan rings is 1. The molecule has 0 radical (unpaired) electrons. The normalized spacial score (nSPS) is 12.9. The quantitative estimate of drug-likeness (QED) is 0.449. The number of aryl methyl sites for hydroxylation is 1. The highest BCUT2D eigenvalue weighted by Gasteiger charge is 2.27. The topological polar surface area (TPSA) is 93.2 Å². The number of nitrogen functional groups attached to an aromatic ring is 1. The molecule has 0 aliphatic heterocycles. The van der Waals surface area contributed by atoms with E-state index in [9.17, 15) is 4.79 Å². The Morgan fingerprint density at radius 3 is 2.69 bits per heavy atom.